The van der Waals surface area contributed by atoms with Gasteiger partial charge in [0, 0.05) is 23.2 Å². The van der Waals surface area contributed by atoms with Gasteiger partial charge < -0.3 is 10.1 Å². The number of para-hydroxylation sites is 1. The summed E-state index contributed by atoms with van der Waals surface area (Å²) in [6, 6.07) is 20.6. The number of carbonyl (C=O) groups is 1. The van der Waals surface area contributed by atoms with Crippen LogP contribution in [0.4, 0.5) is 0 Å². The van der Waals surface area contributed by atoms with Crippen molar-refractivity contribution in [1.29, 1.82) is 0 Å². The monoisotopic (exact) mass is 484 g/mol. The molecule has 4 nitrogen and oxygen atoms in total. The maximum absolute atomic E-state index is 14.0. The van der Waals surface area contributed by atoms with Gasteiger partial charge in [-0.05, 0) is 55.3 Å². The van der Waals surface area contributed by atoms with E-state index in [0.29, 0.717) is 11.8 Å². The summed E-state index contributed by atoms with van der Waals surface area (Å²) < 4.78 is 6.58. The Balaban J connectivity index is 1.45. The highest BCUT2D eigenvalue weighted by Crippen LogP contribution is 2.37. The van der Waals surface area contributed by atoms with E-state index in [9.17, 15) is 4.79 Å². The van der Waals surface area contributed by atoms with E-state index in [1.807, 2.05) is 48.7 Å². The molecule has 1 N–H and O–H groups in total. The Morgan fingerprint density at radius 3 is 2.47 bits per heavy atom. The van der Waals surface area contributed by atoms with Crippen LogP contribution in [0.25, 0.3) is 10.9 Å². The number of pyridine rings is 1. The van der Waals surface area contributed by atoms with E-state index in [-0.39, 0.29) is 24.0 Å². The number of esters is 1. The third-order valence-corrected chi connectivity index (χ3v) is 8.51. The van der Waals surface area contributed by atoms with Crippen LogP contribution < -0.4 is 5.32 Å². The molecule has 2 fully saturated rings. The van der Waals surface area contributed by atoms with E-state index in [1.165, 1.54) is 38.5 Å². The van der Waals surface area contributed by atoms with E-state index < -0.39 is 0 Å². The van der Waals surface area contributed by atoms with Gasteiger partial charge in [0.2, 0.25) is 0 Å². The van der Waals surface area contributed by atoms with Crippen LogP contribution in [0, 0.1) is 11.8 Å². The molecule has 0 amide bonds. The maximum Gasteiger partial charge on any atom is 0.314 e. The third kappa shape index (κ3) is 5.81. The highest BCUT2D eigenvalue weighted by atomic mass is 16.5. The molecule has 5 rings (SSSR count). The van der Waals surface area contributed by atoms with Crippen molar-refractivity contribution in [2.75, 3.05) is 6.54 Å². The second kappa shape index (κ2) is 12.0. The van der Waals surface area contributed by atoms with E-state index in [1.54, 1.807) is 0 Å². The Morgan fingerprint density at radius 2 is 1.72 bits per heavy atom. The van der Waals surface area contributed by atoms with Crippen LogP contribution in [0.5, 0.6) is 0 Å². The molecule has 36 heavy (non-hydrogen) atoms. The number of piperidine rings is 1. The molecule has 4 atom stereocenters. The van der Waals surface area contributed by atoms with E-state index in [2.05, 4.69) is 35.4 Å². The molecule has 1 saturated heterocycles. The summed E-state index contributed by atoms with van der Waals surface area (Å²) in [6.07, 6.45) is 12.1. The molecule has 0 spiro atoms. The summed E-state index contributed by atoms with van der Waals surface area (Å²) in [4.78, 5) is 18.6. The number of carbonyl (C=O) groups excluding carboxylic acids is 1. The van der Waals surface area contributed by atoms with Crippen molar-refractivity contribution in [3.8, 4) is 0 Å². The Kier molecular flexibility index (Phi) is 8.32. The highest BCUT2D eigenvalue weighted by molar-refractivity contribution is 5.83. The minimum absolute atomic E-state index is 0.0860. The lowest BCUT2D eigenvalue weighted by molar-refractivity contribution is -0.154. The van der Waals surface area contributed by atoms with Gasteiger partial charge in [0.25, 0.3) is 0 Å². The molecule has 1 aliphatic heterocycles. The average molecular weight is 485 g/mol. The summed E-state index contributed by atoms with van der Waals surface area (Å²) in [5.41, 5.74) is 3.08. The molecule has 3 aromatic rings. The molecule has 4 heteroatoms. The Labute approximate surface area is 215 Å². The van der Waals surface area contributed by atoms with Gasteiger partial charge in [-0.3, -0.25) is 9.78 Å². The summed E-state index contributed by atoms with van der Waals surface area (Å²) in [5.74, 6) is 0.971. The topological polar surface area (TPSA) is 51.2 Å². The molecule has 1 aliphatic carbocycles. The minimum atomic E-state index is -0.333. The van der Waals surface area contributed by atoms with Crippen LogP contribution in [-0.2, 0) is 9.53 Å². The fourth-order valence-electron chi connectivity index (χ4n) is 6.29. The van der Waals surface area contributed by atoms with Crippen molar-refractivity contribution in [3.63, 3.8) is 0 Å². The van der Waals surface area contributed by atoms with Gasteiger partial charge in [-0.2, -0.15) is 0 Å². The van der Waals surface area contributed by atoms with Crippen LogP contribution in [0.2, 0.25) is 0 Å². The first-order valence-corrected chi connectivity index (χ1v) is 14.1. The molecular formula is C32H40N2O2. The number of aromatic nitrogens is 1. The fraction of sp³-hybridized carbons (Fsp3) is 0.500. The zero-order valence-electron chi connectivity index (χ0n) is 21.6. The molecule has 2 aliphatic rings. The molecule has 1 saturated carbocycles. The lowest BCUT2D eigenvalue weighted by atomic mass is 9.80. The van der Waals surface area contributed by atoms with Crippen molar-refractivity contribution in [3.05, 3.63) is 78.0 Å². The second-order valence-electron chi connectivity index (χ2n) is 10.8. The first-order valence-electron chi connectivity index (χ1n) is 14.1. The summed E-state index contributed by atoms with van der Waals surface area (Å²) in [7, 11) is 0. The number of fused-ring (bicyclic) bond motifs is 1. The largest absolute Gasteiger partial charge is 0.455 e. The molecular weight excluding hydrogens is 444 g/mol. The van der Waals surface area contributed by atoms with Crippen LogP contribution in [0.3, 0.4) is 0 Å². The standard InChI is InChI=1S/C32H40N2O2/c1-2-23-17-18-30(34-22-23)31(27-19-20-33-29-16-10-9-15-26(27)29)36-32(35)28(25-13-7-4-8-14-25)21-24-11-5-3-6-12-24/h4,7-10,13-16,19-20,23-24,28,30-31,34H,2-3,5-6,11-12,17-18,21-22H2,1H3/t23-,28?,30+,31-/m1/s1. The molecule has 1 unspecified atom stereocenters. The number of nitrogens with zero attached hydrogens (tertiary/aromatic N) is 1. The Morgan fingerprint density at radius 1 is 0.944 bits per heavy atom. The molecule has 2 aromatic carbocycles. The van der Waals surface area contributed by atoms with Crippen LogP contribution in [-0.4, -0.2) is 23.5 Å². The van der Waals surface area contributed by atoms with Gasteiger partial charge in [-0.1, -0.05) is 94.0 Å². The second-order valence-corrected chi connectivity index (χ2v) is 10.8. The fourth-order valence-corrected chi connectivity index (χ4v) is 6.29. The number of ether oxygens (including phenoxy) is 1. The number of hydrogen-bond acceptors (Lipinski definition) is 4. The van der Waals surface area contributed by atoms with E-state index in [0.717, 1.165) is 47.8 Å². The number of hydrogen-bond donors (Lipinski definition) is 1. The van der Waals surface area contributed by atoms with Crippen LogP contribution in [0.15, 0.2) is 66.9 Å². The van der Waals surface area contributed by atoms with Gasteiger partial charge in [0.15, 0.2) is 0 Å². The van der Waals surface area contributed by atoms with E-state index in [4.69, 9.17) is 4.74 Å². The van der Waals surface area contributed by atoms with Crippen molar-refractivity contribution >= 4 is 16.9 Å². The molecule has 190 valence electrons. The molecule has 0 radical (unpaired) electrons. The van der Waals surface area contributed by atoms with Crippen LogP contribution >= 0.6 is 0 Å². The number of benzene rings is 2. The Bertz CT molecular complexity index is 1110. The number of rotatable bonds is 8. The number of nitrogens with one attached hydrogen (secondary N) is 1. The summed E-state index contributed by atoms with van der Waals surface area (Å²) in [5, 5.41) is 4.82. The van der Waals surface area contributed by atoms with Crippen molar-refractivity contribution in [1.82, 2.24) is 10.3 Å². The van der Waals surface area contributed by atoms with Gasteiger partial charge in [0.05, 0.1) is 11.4 Å². The van der Waals surface area contributed by atoms with Gasteiger partial charge in [-0.15, -0.1) is 0 Å². The summed E-state index contributed by atoms with van der Waals surface area (Å²) in [6.45, 7) is 3.23. The third-order valence-electron chi connectivity index (χ3n) is 8.51. The maximum atomic E-state index is 14.0. The van der Waals surface area contributed by atoms with Crippen molar-refractivity contribution in [2.24, 2.45) is 11.8 Å². The average Bonchev–Trinajstić information content (AvgIpc) is 2.95. The zero-order valence-corrected chi connectivity index (χ0v) is 21.6. The smallest absolute Gasteiger partial charge is 0.314 e. The van der Waals surface area contributed by atoms with Crippen molar-refractivity contribution in [2.45, 2.75) is 82.8 Å². The van der Waals surface area contributed by atoms with Gasteiger partial charge in [0.1, 0.15) is 6.10 Å². The predicted molar refractivity (Wildman–Crippen MR) is 146 cm³/mol. The lowest BCUT2D eigenvalue weighted by Gasteiger charge is -2.36. The highest BCUT2D eigenvalue weighted by Gasteiger charge is 2.35. The first-order chi connectivity index (χ1) is 17.7. The van der Waals surface area contributed by atoms with E-state index >= 15 is 0 Å². The first kappa shape index (κ1) is 25.0. The normalized spacial score (nSPS) is 22.7. The summed E-state index contributed by atoms with van der Waals surface area (Å²) >= 11 is 0. The minimum Gasteiger partial charge on any atom is -0.455 e. The molecule has 0 bridgehead atoms. The SMILES string of the molecule is CC[C@@H]1CC[C@@H]([C@H](OC(=O)C(CC2CCCCC2)c2ccccc2)c2ccnc3ccccc23)NC1. The van der Waals surface area contributed by atoms with Gasteiger partial charge in [-0.25, -0.2) is 0 Å². The zero-order chi connectivity index (χ0) is 24.7. The van der Waals surface area contributed by atoms with Gasteiger partial charge >= 0.3 is 5.97 Å². The quantitative estimate of drug-likeness (QED) is 0.340. The Hall–Kier alpha value is -2.72. The van der Waals surface area contributed by atoms with Crippen LogP contribution in [0.1, 0.15) is 87.9 Å². The molecule has 2 heterocycles. The van der Waals surface area contributed by atoms with Crippen molar-refractivity contribution < 1.29 is 9.53 Å². The predicted octanol–water partition coefficient (Wildman–Crippen LogP) is 7.35. The lowest BCUT2D eigenvalue weighted by Crippen LogP contribution is -2.44. The molecule has 1 aromatic heterocycles.